The van der Waals surface area contributed by atoms with Gasteiger partial charge in [-0.15, -0.1) is 0 Å². The van der Waals surface area contributed by atoms with Crippen molar-refractivity contribution in [3.05, 3.63) is 29.3 Å². The highest BCUT2D eigenvalue weighted by molar-refractivity contribution is 6.30. The number of likely N-dealkylation sites (tertiary alicyclic amines) is 1. The summed E-state index contributed by atoms with van der Waals surface area (Å²) in [5.74, 6) is -0.794. The number of aliphatic carboxylic acids is 1. The first-order chi connectivity index (χ1) is 9.60. The van der Waals surface area contributed by atoms with Crippen LogP contribution in [-0.2, 0) is 4.79 Å². The summed E-state index contributed by atoms with van der Waals surface area (Å²) >= 11 is 5.90. The second-order valence-corrected chi connectivity index (χ2v) is 5.60. The van der Waals surface area contributed by atoms with Crippen molar-refractivity contribution in [1.29, 1.82) is 0 Å². The van der Waals surface area contributed by atoms with Crippen LogP contribution in [0.2, 0.25) is 5.02 Å². The van der Waals surface area contributed by atoms with E-state index >= 15 is 0 Å². The van der Waals surface area contributed by atoms with Gasteiger partial charge in [0.05, 0.1) is 0 Å². The Hall–Kier alpha value is -1.26. The highest BCUT2D eigenvalue weighted by atomic mass is 35.5. The number of halogens is 1. The van der Waals surface area contributed by atoms with Crippen molar-refractivity contribution in [2.75, 3.05) is 31.1 Å². The first-order valence-corrected chi connectivity index (χ1v) is 7.44. The lowest BCUT2D eigenvalue weighted by Crippen LogP contribution is -2.46. The lowest BCUT2D eigenvalue weighted by Gasteiger charge is -2.38. The molecule has 1 aliphatic heterocycles. The monoisotopic (exact) mass is 296 g/mol. The minimum absolute atomic E-state index is 0.0401. The first kappa shape index (κ1) is 15.1. The molecule has 110 valence electrons. The van der Waals surface area contributed by atoms with E-state index in [4.69, 9.17) is 16.7 Å². The van der Waals surface area contributed by atoms with Gasteiger partial charge in [0, 0.05) is 29.8 Å². The molecule has 20 heavy (non-hydrogen) atoms. The molecule has 0 atom stereocenters. The maximum Gasteiger partial charge on any atom is 0.323 e. The third kappa shape index (κ3) is 3.87. The van der Waals surface area contributed by atoms with E-state index in [1.807, 2.05) is 29.2 Å². The van der Waals surface area contributed by atoms with Gasteiger partial charge in [-0.05, 0) is 43.7 Å². The molecule has 0 unspecified atom stereocenters. The predicted molar refractivity (Wildman–Crippen MR) is 81.6 cm³/mol. The highest BCUT2D eigenvalue weighted by Gasteiger charge is 2.25. The van der Waals surface area contributed by atoms with Gasteiger partial charge >= 0.3 is 5.97 Å². The van der Waals surface area contributed by atoms with Crippen LogP contribution in [0.5, 0.6) is 0 Å². The van der Waals surface area contributed by atoms with Crippen molar-refractivity contribution in [1.82, 2.24) is 4.90 Å². The Labute approximate surface area is 124 Å². The van der Waals surface area contributed by atoms with E-state index in [9.17, 15) is 4.79 Å². The molecule has 1 aliphatic rings. The smallest absolute Gasteiger partial charge is 0.323 e. The molecule has 1 aromatic carbocycles. The number of piperidine rings is 1. The number of carboxylic acids is 1. The van der Waals surface area contributed by atoms with Crippen LogP contribution in [0.3, 0.4) is 0 Å². The summed E-state index contributed by atoms with van der Waals surface area (Å²) in [7, 11) is 0. The Morgan fingerprint density at radius 3 is 2.45 bits per heavy atom. The van der Waals surface area contributed by atoms with Gasteiger partial charge in [0.1, 0.15) is 6.54 Å². The zero-order chi connectivity index (χ0) is 14.5. The number of carbonyl (C=O) groups is 1. The van der Waals surface area contributed by atoms with Gasteiger partial charge in [-0.25, -0.2) is 0 Å². The summed E-state index contributed by atoms with van der Waals surface area (Å²) < 4.78 is 0. The quantitative estimate of drug-likeness (QED) is 0.907. The minimum Gasteiger partial charge on any atom is -0.480 e. The van der Waals surface area contributed by atoms with Gasteiger partial charge in [0.2, 0.25) is 0 Å². The average molecular weight is 297 g/mol. The van der Waals surface area contributed by atoms with E-state index in [0.717, 1.165) is 38.2 Å². The van der Waals surface area contributed by atoms with Crippen molar-refractivity contribution in [2.24, 2.45) is 0 Å². The fourth-order valence-electron chi connectivity index (χ4n) is 2.76. The number of benzene rings is 1. The fraction of sp³-hybridized carbons (Fsp3) is 0.533. The van der Waals surface area contributed by atoms with Crippen molar-refractivity contribution >= 4 is 23.3 Å². The van der Waals surface area contributed by atoms with Crippen LogP contribution in [0.4, 0.5) is 5.69 Å². The molecule has 5 heteroatoms. The van der Waals surface area contributed by atoms with Gasteiger partial charge in [-0.2, -0.15) is 0 Å². The van der Waals surface area contributed by atoms with E-state index in [0.29, 0.717) is 5.02 Å². The summed E-state index contributed by atoms with van der Waals surface area (Å²) in [5.41, 5.74) is 0.937. The molecule has 0 aromatic heterocycles. The topological polar surface area (TPSA) is 43.8 Å². The number of carboxylic acid groups (broad SMARTS) is 1. The van der Waals surface area contributed by atoms with Crippen LogP contribution in [0.25, 0.3) is 0 Å². The SMILES string of the molecule is CCN1CCC(N(CC(=O)O)c2ccc(Cl)cc2)CC1. The minimum atomic E-state index is -0.794. The predicted octanol–water partition coefficient (Wildman–Crippen LogP) is 2.72. The van der Waals surface area contributed by atoms with E-state index < -0.39 is 5.97 Å². The van der Waals surface area contributed by atoms with E-state index in [1.54, 1.807) is 0 Å². The Morgan fingerprint density at radius 1 is 1.35 bits per heavy atom. The Morgan fingerprint density at radius 2 is 1.95 bits per heavy atom. The average Bonchev–Trinajstić information content (AvgIpc) is 2.46. The zero-order valence-corrected chi connectivity index (χ0v) is 12.5. The molecule has 1 heterocycles. The van der Waals surface area contributed by atoms with Crippen LogP contribution in [0.15, 0.2) is 24.3 Å². The van der Waals surface area contributed by atoms with Crippen LogP contribution in [-0.4, -0.2) is 48.2 Å². The van der Waals surface area contributed by atoms with Gasteiger partial charge in [0.15, 0.2) is 0 Å². The fourth-order valence-corrected chi connectivity index (χ4v) is 2.88. The summed E-state index contributed by atoms with van der Waals surface area (Å²) in [6, 6.07) is 7.71. The van der Waals surface area contributed by atoms with Crippen LogP contribution in [0, 0.1) is 0 Å². The van der Waals surface area contributed by atoms with Crippen LogP contribution >= 0.6 is 11.6 Å². The van der Waals surface area contributed by atoms with E-state index in [-0.39, 0.29) is 12.6 Å². The molecule has 1 fully saturated rings. The molecule has 0 radical (unpaired) electrons. The number of rotatable bonds is 5. The molecule has 1 N–H and O–H groups in total. The van der Waals surface area contributed by atoms with Gasteiger partial charge in [-0.1, -0.05) is 18.5 Å². The van der Waals surface area contributed by atoms with Gasteiger partial charge in [-0.3, -0.25) is 4.79 Å². The lowest BCUT2D eigenvalue weighted by atomic mass is 10.0. The third-order valence-corrected chi connectivity index (χ3v) is 4.16. The molecule has 1 saturated heterocycles. The highest BCUT2D eigenvalue weighted by Crippen LogP contribution is 2.25. The third-order valence-electron chi connectivity index (χ3n) is 3.91. The van der Waals surface area contributed by atoms with Crippen molar-refractivity contribution in [3.8, 4) is 0 Å². The van der Waals surface area contributed by atoms with Gasteiger partial charge < -0.3 is 14.9 Å². The Balaban J connectivity index is 2.11. The molecular weight excluding hydrogens is 276 g/mol. The summed E-state index contributed by atoms with van der Waals surface area (Å²) in [6.07, 6.45) is 2.01. The number of nitrogens with zero attached hydrogens (tertiary/aromatic N) is 2. The Kier molecular flexibility index (Phi) is 5.26. The molecule has 4 nitrogen and oxygen atoms in total. The number of anilines is 1. The summed E-state index contributed by atoms with van der Waals surface area (Å²) in [5, 5.41) is 9.82. The molecule has 2 rings (SSSR count). The van der Waals surface area contributed by atoms with E-state index in [1.165, 1.54) is 0 Å². The second-order valence-electron chi connectivity index (χ2n) is 5.16. The second kappa shape index (κ2) is 6.95. The summed E-state index contributed by atoms with van der Waals surface area (Å²) in [6.45, 7) is 5.33. The van der Waals surface area contributed by atoms with Crippen molar-refractivity contribution in [3.63, 3.8) is 0 Å². The molecule has 0 aliphatic carbocycles. The normalized spacial score (nSPS) is 17.1. The Bertz CT molecular complexity index is 442. The lowest BCUT2D eigenvalue weighted by molar-refractivity contribution is -0.135. The molecule has 0 spiro atoms. The maximum absolute atomic E-state index is 11.1. The largest absolute Gasteiger partial charge is 0.480 e. The van der Waals surface area contributed by atoms with E-state index in [2.05, 4.69) is 11.8 Å². The van der Waals surface area contributed by atoms with Crippen LogP contribution in [0.1, 0.15) is 19.8 Å². The molecule has 0 saturated carbocycles. The molecule has 0 bridgehead atoms. The number of hydrogen-bond acceptors (Lipinski definition) is 3. The molecule has 1 aromatic rings. The zero-order valence-electron chi connectivity index (χ0n) is 11.8. The first-order valence-electron chi connectivity index (χ1n) is 7.06. The van der Waals surface area contributed by atoms with Crippen molar-refractivity contribution < 1.29 is 9.90 Å². The molecule has 0 amide bonds. The van der Waals surface area contributed by atoms with Gasteiger partial charge in [0.25, 0.3) is 0 Å². The van der Waals surface area contributed by atoms with Crippen molar-refractivity contribution in [2.45, 2.75) is 25.8 Å². The standard InChI is InChI=1S/C15H21ClN2O2/c1-2-17-9-7-14(8-10-17)18(11-15(19)20)13-5-3-12(16)4-6-13/h3-6,14H,2,7-11H2,1H3,(H,19,20). The molecular formula is C15H21ClN2O2. The van der Waals surface area contributed by atoms with Crippen LogP contribution < -0.4 is 4.90 Å². The number of hydrogen-bond donors (Lipinski definition) is 1. The maximum atomic E-state index is 11.1. The summed E-state index contributed by atoms with van der Waals surface area (Å²) in [4.78, 5) is 15.5.